The number of nitrogens with zero attached hydrogens (tertiary/aromatic N) is 2. The molecule has 5 rings (SSSR count). The molecule has 0 saturated heterocycles. The maximum atomic E-state index is 13.5. The Morgan fingerprint density at radius 3 is 2.48 bits per heavy atom. The first kappa shape index (κ1) is 20.4. The van der Waals surface area contributed by atoms with Gasteiger partial charge in [-0.25, -0.2) is 13.8 Å². The lowest BCUT2D eigenvalue weighted by molar-refractivity contribution is 0.1000. The van der Waals surface area contributed by atoms with Gasteiger partial charge in [0.2, 0.25) is 5.91 Å². The van der Waals surface area contributed by atoms with Crippen molar-refractivity contribution in [2.24, 2.45) is 5.73 Å². The van der Waals surface area contributed by atoms with Crippen LogP contribution in [0.4, 0.5) is 4.39 Å². The SMILES string of the molecule is Cc1c(C(N)=O)cc(-c2cccc3c2oc(=O)n3-c2cccnc2)cc1-c1ccc(F)cc1. The Kier molecular flexibility index (Phi) is 4.86. The maximum Gasteiger partial charge on any atom is 0.424 e. The van der Waals surface area contributed by atoms with E-state index in [2.05, 4.69) is 4.98 Å². The van der Waals surface area contributed by atoms with E-state index < -0.39 is 11.7 Å². The second-order valence-electron chi connectivity index (χ2n) is 7.64. The third-order valence-electron chi connectivity index (χ3n) is 5.65. The molecule has 0 fully saturated rings. The topological polar surface area (TPSA) is 91.1 Å². The van der Waals surface area contributed by atoms with Gasteiger partial charge in [-0.1, -0.05) is 24.3 Å². The molecule has 162 valence electrons. The molecule has 33 heavy (non-hydrogen) atoms. The van der Waals surface area contributed by atoms with Crippen molar-refractivity contribution in [1.82, 2.24) is 9.55 Å². The Hall–Kier alpha value is -4.52. The average molecular weight is 439 g/mol. The van der Waals surface area contributed by atoms with E-state index in [9.17, 15) is 14.0 Å². The van der Waals surface area contributed by atoms with Gasteiger partial charge in [-0.2, -0.15) is 0 Å². The molecule has 0 spiro atoms. The van der Waals surface area contributed by atoms with Gasteiger partial charge >= 0.3 is 5.76 Å². The van der Waals surface area contributed by atoms with Gasteiger partial charge in [0.25, 0.3) is 0 Å². The number of amides is 1. The van der Waals surface area contributed by atoms with Crippen LogP contribution in [0.2, 0.25) is 0 Å². The first-order chi connectivity index (χ1) is 15.9. The molecule has 3 aromatic carbocycles. The van der Waals surface area contributed by atoms with Crippen molar-refractivity contribution in [3.63, 3.8) is 0 Å². The molecule has 5 aromatic rings. The van der Waals surface area contributed by atoms with Gasteiger partial charge in [0.15, 0.2) is 5.58 Å². The number of oxazole rings is 1. The third-order valence-corrected chi connectivity index (χ3v) is 5.65. The molecule has 2 aromatic heterocycles. The first-order valence-electron chi connectivity index (χ1n) is 10.2. The van der Waals surface area contributed by atoms with Crippen LogP contribution >= 0.6 is 0 Å². The summed E-state index contributed by atoms with van der Waals surface area (Å²) in [6, 6.07) is 18.5. The Morgan fingerprint density at radius 1 is 1.00 bits per heavy atom. The first-order valence-corrected chi connectivity index (χ1v) is 10.2. The highest BCUT2D eigenvalue weighted by atomic mass is 19.1. The van der Waals surface area contributed by atoms with E-state index in [0.29, 0.717) is 39.0 Å². The van der Waals surface area contributed by atoms with Gasteiger partial charge in [0.1, 0.15) is 5.82 Å². The molecule has 6 nitrogen and oxygen atoms in total. The molecule has 0 aliphatic heterocycles. The molecule has 0 saturated carbocycles. The lowest BCUT2D eigenvalue weighted by atomic mass is 9.91. The van der Waals surface area contributed by atoms with Crippen molar-refractivity contribution in [3.8, 4) is 27.9 Å². The van der Waals surface area contributed by atoms with Crippen LogP contribution in [0.5, 0.6) is 0 Å². The van der Waals surface area contributed by atoms with E-state index in [4.69, 9.17) is 10.2 Å². The zero-order valence-corrected chi connectivity index (χ0v) is 17.6. The van der Waals surface area contributed by atoms with Gasteiger partial charge in [-0.3, -0.25) is 9.78 Å². The number of rotatable bonds is 4. The third kappa shape index (κ3) is 3.49. The lowest BCUT2D eigenvalue weighted by Gasteiger charge is -2.14. The zero-order chi connectivity index (χ0) is 23.1. The number of para-hydroxylation sites is 1. The van der Waals surface area contributed by atoms with Crippen molar-refractivity contribution in [2.75, 3.05) is 0 Å². The molecule has 2 heterocycles. The fourth-order valence-corrected chi connectivity index (χ4v) is 4.05. The number of halogens is 1. The van der Waals surface area contributed by atoms with Gasteiger partial charge in [-0.05, 0) is 71.6 Å². The van der Waals surface area contributed by atoms with Crippen molar-refractivity contribution in [1.29, 1.82) is 0 Å². The molecule has 0 radical (unpaired) electrons. The Labute approximate surface area is 187 Å². The number of primary amides is 1. The molecular weight excluding hydrogens is 421 g/mol. The highest BCUT2D eigenvalue weighted by molar-refractivity contribution is 6.00. The second kappa shape index (κ2) is 7.87. The van der Waals surface area contributed by atoms with Crippen molar-refractivity contribution in [3.05, 3.63) is 107 Å². The van der Waals surface area contributed by atoms with E-state index in [1.54, 1.807) is 61.8 Å². The van der Waals surface area contributed by atoms with Crippen molar-refractivity contribution >= 4 is 17.0 Å². The molecule has 0 aliphatic rings. The van der Waals surface area contributed by atoms with E-state index in [1.807, 2.05) is 12.1 Å². The summed E-state index contributed by atoms with van der Waals surface area (Å²) in [4.78, 5) is 29.0. The highest BCUT2D eigenvalue weighted by Crippen LogP contribution is 2.35. The standard InChI is InChI=1S/C26H18FN3O3/c1-15-21(16-7-9-18(27)10-8-16)12-17(13-22(15)25(28)31)20-5-2-6-23-24(20)33-26(32)30(23)19-4-3-11-29-14-19/h2-14H,1H3,(H2,28,31). The minimum absolute atomic E-state index is 0.331. The molecule has 2 N–H and O–H groups in total. The van der Waals surface area contributed by atoms with Gasteiger partial charge in [0.05, 0.1) is 17.4 Å². The largest absolute Gasteiger partial charge is 0.424 e. The summed E-state index contributed by atoms with van der Waals surface area (Å²) in [5.74, 6) is -1.49. The van der Waals surface area contributed by atoms with Gasteiger partial charge < -0.3 is 10.2 Å². The number of carbonyl (C=O) groups excluding carboxylic acids is 1. The minimum atomic E-state index is -0.584. The predicted molar refractivity (Wildman–Crippen MR) is 124 cm³/mol. The van der Waals surface area contributed by atoms with E-state index in [0.717, 1.165) is 11.1 Å². The number of benzene rings is 3. The van der Waals surface area contributed by atoms with Gasteiger partial charge in [-0.15, -0.1) is 0 Å². The smallest absolute Gasteiger partial charge is 0.407 e. The van der Waals surface area contributed by atoms with E-state index in [1.165, 1.54) is 16.7 Å². The summed E-state index contributed by atoms with van der Waals surface area (Å²) < 4.78 is 20.6. The van der Waals surface area contributed by atoms with Crippen LogP contribution in [-0.4, -0.2) is 15.5 Å². The fourth-order valence-electron chi connectivity index (χ4n) is 4.05. The van der Waals surface area contributed by atoms with Crippen LogP contribution in [0.1, 0.15) is 15.9 Å². The minimum Gasteiger partial charge on any atom is -0.407 e. The number of hydrogen-bond acceptors (Lipinski definition) is 4. The summed E-state index contributed by atoms with van der Waals surface area (Å²) >= 11 is 0. The fraction of sp³-hybridized carbons (Fsp3) is 0.0385. The predicted octanol–water partition coefficient (Wildman–Crippen LogP) is 4.86. The quantitative estimate of drug-likeness (QED) is 0.433. The monoisotopic (exact) mass is 439 g/mol. The molecular formula is C26H18FN3O3. The lowest BCUT2D eigenvalue weighted by Crippen LogP contribution is -2.13. The zero-order valence-electron chi connectivity index (χ0n) is 17.6. The summed E-state index contributed by atoms with van der Waals surface area (Å²) in [6.45, 7) is 1.79. The van der Waals surface area contributed by atoms with Crippen LogP contribution in [0, 0.1) is 12.7 Å². The van der Waals surface area contributed by atoms with E-state index in [-0.39, 0.29) is 5.82 Å². The van der Waals surface area contributed by atoms with Crippen LogP contribution in [-0.2, 0) is 0 Å². The van der Waals surface area contributed by atoms with Crippen LogP contribution in [0.15, 0.2) is 88.3 Å². The number of carbonyl (C=O) groups is 1. The molecule has 1 amide bonds. The number of fused-ring (bicyclic) bond motifs is 1. The molecule has 0 atom stereocenters. The van der Waals surface area contributed by atoms with Crippen LogP contribution < -0.4 is 11.5 Å². The van der Waals surface area contributed by atoms with Crippen LogP contribution in [0.3, 0.4) is 0 Å². The van der Waals surface area contributed by atoms with Gasteiger partial charge in [0, 0.05) is 17.3 Å². The summed E-state index contributed by atoms with van der Waals surface area (Å²) in [6.07, 6.45) is 3.20. The Morgan fingerprint density at radius 2 is 1.79 bits per heavy atom. The number of hydrogen-bond donors (Lipinski definition) is 1. The average Bonchev–Trinajstić information content (AvgIpc) is 3.16. The van der Waals surface area contributed by atoms with Crippen molar-refractivity contribution < 1.29 is 13.6 Å². The Bertz CT molecular complexity index is 1570. The molecule has 7 heteroatoms. The van der Waals surface area contributed by atoms with Crippen LogP contribution in [0.25, 0.3) is 39.0 Å². The molecule has 0 unspecified atom stereocenters. The van der Waals surface area contributed by atoms with E-state index >= 15 is 0 Å². The Balaban J connectivity index is 1.78. The number of nitrogens with two attached hydrogens (primary N) is 1. The number of aromatic nitrogens is 2. The summed E-state index contributed by atoms with van der Waals surface area (Å²) in [5, 5.41) is 0. The normalized spacial score (nSPS) is 11.1. The second-order valence-corrected chi connectivity index (χ2v) is 7.64. The molecule has 0 aliphatic carbocycles. The maximum absolute atomic E-state index is 13.5. The highest BCUT2D eigenvalue weighted by Gasteiger charge is 2.19. The summed E-state index contributed by atoms with van der Waals surface area (Å²) in [5.41, 5.74) is 10.9. The van der Waals surface area contributed by atoms with Crippen molar-refractivity contribution in [2.45, 2.75) is 6.92 Å². The summed E-state index contributed by atoms with van der Waals surface area (Å²) in [7, 11) is 0. The molecule has 0 bridgehead atoms. The number of pyridine rings is 1.